The average Bonchev–Trinajstić information content (AvgIpc) is 2.21. The zero-order valence-electron chi connectivity index (χ0n) is 7.93. The Bertz CT molecular complexity index is 331. The summed E-state index contributed by atoms with van der Waals surface area (Å²) >= 11 is 3.49. The molecule has 0 saturated carbocycles. The zero-order valence-corrected chi connectivity index (χ0v) is 9.50. The third-order valence-corrected chi connectivity index (χ3v) is 2.59. The van der Waals surface area contributed by atoms with E-state index in [0.717, 1.165) is 5.56 Å². The molecule has 0 saturated heterocycles. The van der Waals surface area contributed by atoms with E-state index in [1.54, 1.807) is 12.1 Å². The Labute approximate surface area is 95.9 Å². The van der Waals surface area contributed by atoms with Crippen molar-refractivity contribution in [2.45, 2.75) is 5.92 Å². The van der Waals surface area contributed by atoms with Gasteiger partial charge in [-0.2, -0.15) is 4.21 Å². The molecule has 15 heavy (non-hydrogen) atoms. The van der Waals surface area contributed by atoms with E-state index in [0.29, 0.717) is 11.6 Å². The Morgan fingerprint density at radius 3 is 2.53 bits per heavy atom. The first-order valence-corrected chi connectivity index (χ1v) is 5.74. The van der Waals surface area contributed by atoms with Gasteiger partial charge in [0.05, 0.1) is 6.61 Å². The molecule has 0 amide bonds. The van der Waals surface area contributed by atoms with Crippen LogP contribution in [0.4, 0.5) is 0 Å². The van der Waals surface area contributed by atoms with Gasteiger partial charge in [-0.3, -0.25) is 8.74 Å². The highest BCUT2D eigenvalue weighted by Crippen LogP contribution is 2.18. The van der Waals surface area contributed by atoms with Crippen molar-refractivity contribution in [2.75, 3.05) is 13.2 Å². The molecule has 0 aliphatic carbocycles. The highest BCUT2D eigenvalue weighted by Gasteiger charge is 2.11. The number of benzene rings is 1. The monoisotopic (exact) mass is 249 g/mol. The summed E-state index contributed by atoms with van der Waals surface area (Å²) in [7, 11) is 0. The molecule has 0 heterocycles. The number of hydrogen-bond donors (Lipinski definition) is 2. The van der Waals surface area contributed by atoms with Gasteiger partial charge in [0.2, 0.25) is 0 Å². The molecule has 1 unspecified atom stereocenters. The van der Waals surface area contributed by atoms with Crippen molar-refractivity contribution in [3.63, 3.8) is 0 Å². The van der Waals surface area contributed by atoms with E-state index in [-0.39, 0.29) is 12.5 Å². The van der Waals surface area contributed by atoms with Gasteiger partial charge in [0.15, 0.2) is 0 Å². The maximum atomic E-state index is 10.3. The summed E-state index contributed by atoms with van der Waals surface area (Å²) in [4.78, 5) is 0. The molecule has 84 valence electrons. The van der Waals surface area contributed by atoms with Crippen LogP contribution in [0.1, 0.15) is 11.5 Å². The van der Waals surface area contributed by atoms with Crippen molar-refractivity contribution in [1.82, 2.24) is 0 Å². The van der Waals surface area contributed by atoms with Crippen LogP contribution in [-0.2, 0) is 15.5 Å². The highest BCUT2D eigenvalue weighted by atomic mass is 35.5. The summed E-state index contributed by atoms with van der Waals surface area (Å²) in [5.41, 5.74) is 6.47. The Balaban J connectivity index is 2.65. The van der Waals surface area contributed by atoms with Gasteiger partial charge in [-0.25, -0.2) is 0 Å². The first-order valence-electron chi connectivity index (χ1n) is 4.33. The Morgan fingerprint density at radius 2 is 2.07 bits per heavy atom. The normalized spacial score (nSPS) is 14.9. The lowest BCUT2D eigenvalue weighted by Gasteiger charge is -2.13. The minimum atomic E-state index is -2.25. The topological polar surface area (TPSA) is 72.5 Å². The number of nitrogens with two attached hydrogens (primary N) is 1. The third-order valence-electron chi connectivity index (χ3n) is 2.00. The Kier molecular flexibility index (Phi) is 5.21. The molecule has 4 nitrogen and oxygen atoms in total. The second kappa shape index (κ2) is 6.19. The summed E-state index contributed by atoms with van der Waals surface area (Å²) in [6, 6.07) is 7.14. The third kappa shape index (κ3) is 4.27. The summed E-state index contributed by atoms with van der Waals surface area (Å²) in [5, 5.41) is 0.640. The smallest absolute Gasteiger partial charge is 0.301 e. The average molecular weight is 250 g/mol. The molecule has 0 aromatic heterocycles. The second-order valence-corrected chi connectivity index (χ2v) is 4.09. The van der Waals surface area contributed by atoms with Gasteiger partial charge in [-0.05, 0) is 17.7 Å². The van der Waals surface area contributed by atoms with Gasteiger partial charge in [0.25, 0.3) is 0 Å². The van der Waals surface area contributed by atoms with E-state index in [2.05, 4.69) is 4.18 Å². The largest absolute Gasteiger partial charge is 0.330 e. The lowest BCUT2D eigenvalue weighted by molar-refractivity contribution is 0.284. The molecule has 2 atom stereocenters. The Morgan fingerprint density at radius 1 is 1.47 bits per heavy atom. The van der Waals surface area contributed by atoms with Crippen LogP contribution in [0.15, 0.2) is 24.3 Å². The van der Waals surface area contributed by atoms with Crippen LogP contribution in [0.5, 0.6) is 0 Å². The van der Waals surface area contributed by atoms with Gasteiger partial charge >= 0.3 is 11.4 Å². The van der Waals surface area contributed by atoms with E-state index in [9.17, 15) is 4.21 Å². The van der Waals surface area contributed by atoms with Crippen molar-refractivity contribution >= 4 is 23.0 Å². The van der Waals surface area contributed by atoms with E-state index in [1.807, 2.05) is 12.1 Å². The SMILES string of the molecule is NC[C@H](COS(=O)O)c1ccc(Cl)cc1. The maximum absolute atomic E-state index is 10.3. The van der Waals surface area contributed by atoms with Crippen molar-refractivity contribution in [2.24, 2.45) is 5.73 Å². The molecule has 0 aliphatic heterocycles. The predicted octanol–water partition coefficient (Wildman–Crippen LogP) is 1.54. The number of halogens is 1. The van der Waals surface area contributed by atoms with Crippen molar-refractivity contribution in [3.05, 3.63) is 34.9 Å². The zero-order chi connectivity index (χ0) is 11.3. The molecule has 1 rings (SSSR count). The standard InChI is InChI=1S/C9H12ClNO3S/c10-9-3-1-7(2-4-9)8(5-11)6-14-15(12)13/h1-4,8H,5-6,11H2,(H,12,13)/t8-/m1/s1. The quantitative estimate of drug-likeness (QED) is 0.777. The molecule has 6 heteroatoms. The molecule has 0 aliphatic rings. The van der Waals surface area contributed by atoms with Gasteiger partial charge < -0.3 is 5.73 Å². The van der Waals surface area contributed by atoms with Crippen LogP contribution in [0.2, 0.25) is 5.02 Å². The molecular formula is C9H12ClNO3S. The van der Waals surface area contributed by atoms with Gasteiger partial charge in [-0.1, -0.05) is 23.7 Å². The van der Waals surface area contributed by atoms with Crippen LogP contribution in [0.25, 0.3) is 0 Å². The molecule has 0 spiro atoms. The Hall–Kier alpha value is -0.460. The van der Waals surface area contributed by atoms with Crippen molar-refractivity contribution in [3.8, 4) is 0 Å². The minimum Gasteiger partial charge on any atom is -0.330 e. The van der Waals surface area contributed by atoms with E-state index in [4.69, 9.17) is 21.9 Å². The van der Waals surface area contributed by atoms with E-state index >= 15 is 0 Å². The first kappa shape index (κ1) is 12.6. The van der Waals surface area contributed by atoms with Crippen LogP contribution in [0, 0.1) is 0 Å². The minimum absolute atomic E-state index is 0.0987. The fraction of sp³-hybridized carbons (Fsp3) is 0.333. The summed E-state index contributed by atoms with van der Waals surface area (Å²) in [6.07, 6.45) is 0. The van der Waals surface area contributed by atoms with Gasteiger partial charge in [0, 0.05) is 17.5 Å². The van der Waals surface area contributed by atoms with Gasteiger partial charge in [-0.15, -0.1) is 0 Å². The molecule has 0 radical (unpaired) electrons. The highest BCUT2D eigenvalue weighted by molar-refractivity contribution is 7.74. The van der Waals surface area contributed by atoms with Crippen LogP contribution in [-0.4, -0.2) is 21.9 Å². The maximum Gasteiger partial charge on any atom is 0.301 e. The molecule has 3 N–H and O–H groups in total. The number of hydrogen-bond acceptors (Lipinski definition) is 3. The summed E-state index contributed by atoms with van der Waals surface area (Å²) in [5.74, 6) is -0.0987. The fourth-order valence-corrected chi connectivity index (χ4v) is 1.58. The van der Waals surface area contributed by atoms with E-state index in [1.165, 1.54) is 0 Å². The molecular weight excluding hydrogens is 238 g/mol. The van der Waals surface area contributed by atoms with Crippen molar-refractivity contribution < 1.29 is 12.9 Å². The lowest BCUT2D eigenvalue weighted by Crippen LogP contribution is -2.18. The van der Waals surface area contributed by atoms with Crippen LogP contribution in [0.3, 0.4) is 0 Å². The van der Waals surface area contributed by atoms with E-state index < -0.39 is 11.4 Å². The molecule has 1 aromatic carbocycles. The molecule has 0 bridgehead atoms. The second-order valence-electron chi connectivity index (χ2n) is 2.99. The first-order chi connectivity index (χ1) is 7.13. The predicted molar refractivity (Wildman–Crippen MR) is 60.0 cm³/mol. The summed E-state index contributed by atoms with van der Waals surface area (Å²) < 4.78 is 23.4. The molecule has 0 fully saturated rings. The van der Waals surface area contributed by atoms with Gasteiger partial charge in [0.1, 0.15) is 0 Å². The number of rotatable bonds is 5. The fourth-order valence-electron chi connectivity index (χ4n) is 1.18. The van der Waals surface area contributed by atoms with Crippen molar-refractivity contribution in [1.29, 1.82) is 0 Å². The van der Waals surface area contributed by atoms with Crippen LogP contribution < -0.4 is 5.73 Å². The summed E-state index contributed by atoms with van der Waals surface area (Å²) in [6.45, 7) is 0.458. The molecule has 1 aromatic rings. The van der Waals surface area contributed by atoms with Crippen LogP contribution >= 0.6 is 11.6 Å². The lowest BCUT2D eigenvalue weighted by atomic mass is 10.0.